The number of amides is 1. The molecule has 180 valence electrons. The molecule has 3 aliphatic rings. The maximum Gasteiger partial charge on any atom is 0.262 e. The van der Waals surface area contributed by atoms with Gasteiger partial charge in [-0.25, -0.2) is 0 Å². The number of carbonyl (C=O) groups excluding carboxylic acids is 1. The minimum atomic E-state index is -0.616. The van der Waals surface area contributed by atoms with E-state index in [1.165, 1.54) is 11.1 Å². The summed E-state index contributed by atoms with van der Waals surface area (Å²) in [5.74, 6) is 1.93. The molecule has 0 aromatic heterocycles. The molecule has 2 aromatic rings. The van der Waals surface area contributed by atoms with Gasteiger partial charge < -0.3 is 29.5 Å². The van der Waals surface area contributed by atoms with E-state index in [-0.39, 0.29) is 18.6 Å². The van der Waals surface area contributed by atoms with Crippen molar-refractivity contribution in [1.29, 1.82) is 0 Å². The van der Waals surface area contributed by atoms with Crippen LogP contribution < -0.4 is 14.8 Å². The molecule has 5 rings (SSSR count). The molecule has 7 heteroatoms. The van der Waals surface area contributed by atoms with Crippen LogP contribution in [0.15, 0.2) is 42.5 Å². The zero-order valence-electron chi connectivity index (χ0n) is 19.5. The van der Waals surface area contributed by atoms with Crippen LogP contribution in [0, 0.1) is 5.92 Å². The van der Waals surface area contributed by atoms with Crippen molar-refractivity contribution in [3.8, 4) is 11.5 Å². The van der Waals surface area contributed by atoms with Gasteiger partial charge in [-0.05, 0) is 61.2 Å². The maximum atomic E-state index is 11.6. The summed E-state index contributed by atoms with van der Waals surface area (Å²) in [5, 5.41) is 13.6. The van der Waals surface area contributed by atoms with Crippen LogP contribution in [-0.4, -0.2) is 62.0 Å². The molecular formula is C27H32N2O5. The molecule has 0 bridgehead atoms. The van der Waals surface area contributed by atoms with Gasteiger partial charge in [-0.3, -0.25) is 4.79 Å². The first-order chi connectivity index (χ1) is 16.6. The summed E-state index contributed by atoms with van der Waals surface area (Å²) in [4.78, 5) is 13.9. The minimum Gasteiger partial charge on any atom is -0.493 e. The summed E-state index contributed by atoms with van der Waals surface area (Å²) in [6.45, 7) is 3.16. The number of ether oxygens (including phenoxy) is 3. The number of nitrogens with one attached hydrogen (secondary N) is 1. The average molecular weight is 465 g/mol. The van der Waals surface area contributed by atoms with Crippen molar-refractivity contribution in [2.75, 3.05) is 45.3 Å². The van der Waals surface area contributed by atoms with Crippen LogP contribution in [0.5, 0.6) is 11.5 Å². The van der Waals surface area contributed by atoms with Crippen LogP contribution in [0.3, 0.4) is 0 Å². The van der Waals surface area contributed by atoms with Gasteiger partial charge in [-0.1, -0.05) is 30.4 Å². The van der Waals surface area contributed by atoms with E-state index < -0.39 is 6.10 Å². The molecule has 34 heavy (non-hydrogen) atoms. The second-order valence-electron chi connectivity index (χ2n) is 9.32. The summed E-state index contributed by atoms with van der Waals surface area (Å²) in [5.41, 5.74) is 3.85. The maximum absolute atomic E-state index is 11.6. The molecule has 0 saturated carbocycles. The van der Waals surface area contributed by atoms with Gasteiger partial charge in [-0.2, -0.15) is 0 Å². The Morgan fingerprint density at radius 3 is 2.91 bits per heavy atom. The van der Waals surface area contributed by atoms with Crippen molar-refractivity contribution < 1.29 is 24.1 Å². The van der Waals surface area contributed by atoms with Gasteiger partial charge in [-0.15, -0.1) is 0 Å². The van der Waals surface area contributed by atoms with Crippen LogP contribution in [0.4, 0.5) is 5.69 Å². The Bertz CT molecular complexity index is 1060. The lowest BCUT2D eigenvalue weighted by Gasteiger charge is -2.33. The van der Waals surface area contributed by atoms with Crippen molar-refractivity contribution in [2.24, 2.45) is 5.92 Å². The zero-order valence-corrected chi connectivity index (χ0v) is 19.5. The molecule has 0 radical (unpaired) electrons. The second kappa shape index (κ2) is 10.2. The van der Waals surface area contributed by atoms with Crippen molar-refractivity contribution in [3.63, 3.8) is 0 Å². The van der Waals surface area contributed by atoms with E-state index in [1.807, 2.05) is 24.3 Å². The van der Waals surface area contributed by atoms with E-state index in [4.69, 9.17) is 14.2 Å². The highest BCUT2D eigenvalue weighted by atomic mass is 16.5. The molecule has 0 spiro atoms. The monoisotopic (exact) mass is 464 g/mol. The van der Waals surface area contributed by atoms with Crippen LogP contribution in [-0.2, 0) is 16.0 Å². The fourth-order valence-electron chi connectivity index (χ4n) is 4.94. The molecule has 1 amide bonds. The van der Waals surface area contributed by atoms with Gasteiger partial charge in [0, 0.05) is 25.6 Å². The number of rotatable bonds is 7. The fourth-order valence-corrected chi connectivity index (χ4v) is 4.94. The Morgan fingerprint density at radius 2 is 2.09 bits per heavy atom. The molecule has 2 heterocycles. The largest absolute Gasteiger partial charge is 0.493 e. The zero-order chi connectivity index (χ0) is 23.5. The van der Waals surface area contributed by atoms with Gasteiger partial charge in [0.05, 0.1) is 24.5 Å². The second-order valence-corrected chi connectivity index (χ2v) is 9.32. The van der Waals surface area contributed by atoms with Gasteiger partial charge >= 0.3 is 0 Å². The van der Waals surface area contributed by atoms with E-state index >= 15 is 0 Å². The molecule has 1 aliphatic carbocycles. The first-order valence-corrected chi connectivity index (χ1v) is 12.0. The van der Waals surface area contributed by atoms with Crippen LogP contribution in [0.1, 0.15) is 35.6 Å². The molecule has 2 unspecified atom stereocenters. The number of anilines is 1. The molecule has 2 atom stereocenters. The topological polar surface area (TPSA) is 80.3 Å². The number of β-amino-alcohol motifs (C(OH)–C–C–N with tert-alkyl or cyclic N) is 1. The van der Waals surface area contributed by atoms with E-state index in [0.717, 1.165) is 43.7 Å². The lowest BCUT2D eigenvalue weighted by Crippen LogP contribution is -2.38. The number of likely N-dealkylation sites (tertiary alicyclic amines) is 1. The Hall–Kier alpha value is -2.87. The predicted octanol–water partition coefficient (Wildman–Crippen LogP) is 3.43. The number of hydrogen-bond donors (Lipinski definition) is 2. The fraction of sp³-hybridized carbons (Fsp3) is 0.444. The highest BCUT2D eigenvalue weighted by Gasteiger charge is 2.24. The number of aliphatic hydroxyl groups is 1. The normalized spacial score (nSPS) is 21.2. The lowest BCUT2D eigenvalue weighted by atomic mass is 9.94. The van der Waals surface area contributed by atoms with E-state index in [2.05, 4.69) is 34.5 Å². The molecule has 2 aromatic carbocycles. The summed E-state index contributed by atoms with van der Waals surface area (Å²) in [7, 11) is 1.74. The number of benzene rings is 2. The number of methoxy groups -OCH3 is 1. The summed E-state index contributed by atoms with van der Waals surface area (Å²) in [6, 6.07) is 11.7. The first-order valence-electron chi connectivity index (χ1n) is 12.0. The molecule has 2 N–H and O–H groups in total. The minimum absolute atomic E-state index is 0.0328. The van der Waals surface area contributed by atoms with E-state index in [0.29, 0.717) is 30.5 Å². The Morgan fingerprint density at radius 1 is 1.24 bits per heavy atom. The van der Waals surface area contributed by atoms with Crippen LogP contribution in [0.25, 0.3) is 6.08 Å². The smallest absolute Gasteiger partial charge is 0.262 e. The summed E-state index contributed by atoms with van der Waals surface area (Å²) >= 11 is 0. The highest BCUT2D eigenvalue weighted by Crippen LogP contribution is 2.32. The Balaban J connectivity index is 1.11. The molecular weight excluding hydrogens is 432 g/mol. The number of fused-ring (bicyclic) bond motifs is 2. The highest BCUT2D eigenvalue weighted by molar-refractivity contribution is 5.95. The van der Waals surface area contributed by atoms with Crippen LogP contribution in [0.2, 0.25) is 0 Å². The standard InChI is InChI=1S/C27H32N2O5/c1-32-21-7-5-19-3-2-4-25(22(19)14-21)33-16-18-9-11-29(12-10-18)15-24(30)20-6-8-26-23(13-20)28-27(31)17-34-26/h2-8,13,18,21,24,30H,9-12,14-17H2,1H3,(H,28,31). The third kappa shape index (κ3) is 5.12. The third-order valence-corrected chi connectivity index (χ3v) is 7.00. The SMILES string of the molecule is COC1C=Cc2cccc(OCC3CCN(CC(O)c4ccc5c(c4)NC(=O)CO5)CC3)c2C1. The van der Waals surface area contributed by atoms with Crippen LogP contribution >= 0.6 is 0 Å². The van der Waals surface area contributed by atoms with Gasteiger partial charge in [0.15, 0.2) is 6.61 Å². The molecule has 2 aliphatic heterocycles. The third-order valence-electron chi connectivity index (χ3n) is 7.00. The number of piperidine rings is 1. The lowest BCUT2D eigenvalue weighted by molar-refractivity contribution is -0.118. The number of aliphatic hydroxyl groups excluding tert-OH is 1. The number of hydrogen-bond acceptors (Lipinski definition) is 6. The molecule has 1 fully saturated rings. The average Bonchev–Trinajstić information content (AvgIpc) is 2.87. The van der Waals surface area contributed by atoms with Gasteiger partial charge in [0.2, 0.25) is 0 Å². The first kappa shape index (κ1) is 22.9. The number of nitrogens with zero attached hydrogens (tertiary/aromatic N) is 1. The van der Waals surface area contributed by atoms with Crippen molar-refractivity contribution >= 4 is 17.7 Å². The van der Waals surface area contributed by atoms with Crippen molar-refractivity contribution in [1.82, 2.24) is 4.90 Å². The molecule has 7 nitrogen and oxygen atoms in total. The number of carbonyl (C=O) groups is 1. The Kier molecular flexibility index (Phi) is 6.85. The van der Waals surface area contributed by atoms with Gasteiger partial charge in [0.25, 0.3) is 5.91 Å². The van der Waals surface area contributed by atoms with Crippen molar-refractivity contribution in [2.45, 2.75) is 31.5 Å². The predicted molar refractivity (Wildman–Crippen MR) is 130 cm³/mol. The molecule has 1 saturated heterocycles. The van der Waals surface area contributed by atoms with Crippen molar-refractivity contribution in [3.05, 3.63) is 59.2 Å². The summed E-state index contributed by atoms with van der Waals surface area (Å²) < 4.78 is 17.2. The summed E-state index contributed by atoms with van der Waals surface area (Å²) in [6.07, 6.45) is 6.62. The van der Waals surface area contributed by atoms with E-state index in [1.54, 1.807) is 7.11 Å². The quantitative estimate of drug-likeness (QED) is 0.654. The van der Waals surface area contributed by atoms with E-state index in [9.17, 15) is 9.90 Å². The van der Waals surface area contributed by atoms with Gasteiger partial charge in [0.1, 0.15) is 11.5 Å². The Labute approximate surface area is 200 Å².